The summed E-state index contributed by atoms with van der Waals surface area (Å²) in [6.07, 6.45) is 1.34. The van der Waals surface area contributed by atoms with Gasteiger partial charge < -0.3 is 9.84 Å². The minimum Gasteiger partial charge on any atom is -0.504 e. The second kappa shape index (κ2) is 7.94. The van der Waals surface area contributed by atoms with Crippen LogP contribution in [0.5, 0.6) is 11.5 Å². The van der Waals surface area contributed by atoms with Gasteiger partial charge in [0.15, 0.2) is 11.5 Å². The Hall–Kier alpha value is -1.38. The van der Waals surface area contributed by atoms with Crippen molar-refractivity contribution in [3.8, 4) is 11.5 Å². The highest BCUT2D eigenvalue weighted by Crippen LogP contribution is 2.39. The molecule has 1 amide bonds. The van der Waals surface area contributed by atoms with E-state index < -0.39 is 0 Å². The van der Waals surface area contributed by atoms with Gasteiger partial charge in [0.1, 0.15) is 0 Å². The number of phenolic OH excluding ortho intramolecular Hbond substituents is 1. The van der Waals surface area contributed by atoms with Crippen LogP contribution in [0.15, 0.2) is 48.9 Å². The summed E-state index contributed by atoms with van der Waals surface area (Å²) in [5, 5.41) is 14.0. The van der Waals surface area contributed by atoms with Crippen LogP contribution >= 0.6 is 47.8 Å². The molecule has 0 aliphatic heterocycles. The summed E-state index contributed by atoms with van der Waals surface area (Å²) in [7, 11) is 1.45. The first-order chi connectivity index (χ1) is 10.9. The van der Waals surface area contributed by atoms with Crippen molar-refractivity contribution >= 4 is 59.9 Å². The van der Waals surface area contributed by atoms with Crippen molar-refractivity contribution in [2.75, 3.05) is 7.11 Å². The van der Waals surface area contributed by atoms with Crippen molar-refractivity contribution in [3.63, 3.8) is 0 Å². The topological polar surface area (TPSA) is 70.9 Å². The number of phenols is 1. The molecular formula is C15H11Br3N2O3. The van der Waals surface area contributed by atoms with Crippen LogP contribution in [-0.4, -0.2) is 24.3 Å². The second-order valence-corrected chi connectivity index (χ2v) is 6.91. The van der Waals surface area contributed by atoms with Crippen LogP contribution in [-0.2, 0) is 0 Å². The molecular weight excluding hydrogens is 496 g/mol. The molecule has 0 aliphatic carbocycles. The Labute approximate surface area is 158 Å². The Morgan fingerprint density at radius 2 is 2.04 bits per heavy atom. The summed E-state index contributed by atoms with van der Waals surface area (Å²) in [4.78, 5) is 12.0. The van der Waals surface area contributed by atoms with Crippen molar-refractivity contribution in [1.82, 2.24) is 5.43 Å². The van der Waals surface area contributed by atoms with Crippen LogP contribution in [0.1, 0.15) is 15.9 Å². The molecule has 8 heteroatoms. The van der Waals surface area contributed by atoms with Gasteiger partial charge in [-0.3, -0.25) is 4.79 Å². The zero-order chi connectivity index (χ0) is 17.0. The number of amides is 1. The van der Waals surface area contributed by atoms with Gasteiger partial charge in [-0.2, -0.15) is 5.10 Å². The smallest absolute Gasteiger partial charge is 0.271 e. The van der Waals surface area contributed by atoms with Gasteiger partial charge in [0, 0.05) is 19.0 Å². The lowest BCUT2D eigenvalue weighted by atomic mass is 10.2. The van der Waals surface area contributed by atoms with Crippen molar-refractivity contribution in [2.45, 2.75) is 0 Å². The second-order valence-electron chi connectivity index (χ2n) is 4.35. The number of carbonyl (C=O) groups is 1. The molecule has 0 heterocycles. The summed E-state index contributed by atoms with van der Waals surface area (Å²) >= 11 is 9.99. The number of rotatable bonds is 4. The van der Waals surface area contributed by atoms with Gasteiger partial charge in [0.05, 0.1) is 18.9 Å². The predicted octanol–water partition coefficient (Wildman–Crippen LogP) is 4.45. The molecule has 2 aromatic rings. The van der Waals surface area contributed by atoms with Crippen LogP contribution in [0.4, 0.5) is 0 Å². The number of carbonyl (C=O) groups excluding carboxylic acids is 1. The molecule has 2 N–H and O–H groups in total. The Bertz CT molecular complexity index is 779. The number of methoxy groups -OCH3 is 1. The number of nitrogens with one attached hydrogen (secondary N) is 1. The van der Waals surface area contributed by atoms with Crippen LogP contribution in [0.2, 0.25) is 0 Å². The summed E-state index contributed by atoms with van der Waals surface area (Å²) in [6.45, 7) is 0. The molecule has 120 valence electrons. The molecule has 0 unspecified atom stereocenters. The van der Waals surface area contributed by atoms with Crippen molar-refractivity contribution in [3.05, 3.63) is 54.9 Å². The third-order valence-corrected chi connectivity index (χ3v) is 5.36. The first-order valence-corrected chi connectivity index (χ1v) is 8.66. The molecule has 0 bridgehead atoms. The van der Waals surface area contributed by atoms with Gasteiger partial charge in [-0.25, -0.2) is 5.43 Å². The Kier molecular flexibility index (Phi) is 6.20. The molecule has 5 nitrogen and oxygen atoms in total. The number of hydrogen-bond acceptors (Lipinski definition) is 4. The normalized spacial score (nSPS) is 10.8. The molecule has 0 radical (unpaired) electrons. The van der Waals surface area contributed by atoms with Crippen LogP contribution < -0.4 is 10.2 Å². The van der Waals surface area contributed by atoms with Crippen molar-refractivity contribution in [2.24, 2.45) is 5.10 Å². The summed E-state index contributed by atoms with van der Waals surface area (Å²) in [6, 6.07) is 8.55. The first kappa shape index (κ1) is 18.0. The first-order valence-electron chi connectivity index (χ1n) is 6.28. The molecule has 0 aromatic heterocycles. The molecule has 0 fully saturated rings. The number of nitrogens with zero attached hydrogens (tertiary/aromatic N) is 1. The van der Waals surface area contributed by atoms with Gasteiger partial charge in [0.25, 0.3) is 5.91 Å². The lowest BCUT2D eigenvalue weighted by molar-refractivity contribution is 0.0955. The van der Waals surface area contributed by atoms with E-state index in [1.807, 2.05) is 6.07 Å². The minimum absolute atomic E-state index is 0.0805. The van der Waals surface area contributed by atoms with E-state index in [9.17, 15) is 9.90 Å². The summed E-state index contributed by atoms with van der Waals surface area (Å²) in [5.74, 6) is -0.150. The van der Waals surface area contributed by atoms with E-state index in [-0.39, 0.29) is 11.7 Å². The molecule has 2 aromatic carbocycles. The lowest BCUT2D eigenvalue weighted by Gasteiger charge is -2.09. The van der Waals surface area contributed by atoms with E-state index in [4.69, 9.17) is 4.74 Å². The van der Waals surface area contributed by atoms with Gasteiger partial charge in [0.2, 0.25) is 0 Å². The highest BCUT2D eigenvalue weighted by atomic mass is 79.9. The summed E-state index contributed by atoms with van der Waals surface area (Å²) in [5.41, 5.74) is 3.25. The zero-order valence-corrected chi connectivity index (χ0v) is 16.6. The van der Waals surface area contributed by atoms with E-state index in [1.165, 1.54) is 13.3 Å². The fourth-order valence-electron chi connectivity index (χ4n) is 1.74. The summed E-state index contributed by atoms with van der Waals surface area (Å²) < 4.78 is 7.15. The van der Waals surface area contributed by atoms with Crippen LogP contribution in [0, 0.1) is 0 Å². The number of halogens is 3. The van der Waals surface area contributed by atoms with Crippen LogP contribution in [0.3, 0.4) is 0 Å². The van der Waals surface area contributed by atoms with E-state index in [0.717, 1.165) is 4.47 Å². The van der Waals surface area contributed by atoms with Gasteiger partial charge >= 0.3 is 0 Å². The van der Waals surface area contributed by atoms with E-state index in [2.05, 4.69) is 58.3 Å². The SMILES string of the molecule is COc1cc(Br)c(Br)c(C=NNC(=O)c2cccc(Br)c2)c1O. The average molecular weight is 507 g/mol. The van der Waals surface area contributed by atoms with E-state index in [0.29, 0.717) is 25.8 Å². The molecule has 0 spiro atoms. The van der Waals surface area contributed by atoms with Crippen molar-refractivity contribution < 1.29 is 14.6 Å². The molecule has 0 aliphatic rings. The maximum Gasteiger partial charge on any atom is 0.271 e. The number of benzene rings is 2. The Morgan fingerprint density at radius 1 is 1.30 bits per heavy atom. The fraction of sp³-hybridized carbons (Fsp3) is 0.0667. The number of aromatic hydroxyl groups is 1. The molecule has 0 saturated heterocycles. The molecule has 2 rings (SSSR count). The maximum atomic E-state index is 12.0. The molecule has 23 heavy (non-hydrogen) atoms. The quantitative estimate of drug-likeness (QED) is 0.475. The lowest BCUT2D eigenvalue weighted by Crippen LogP contribution is -2.17. The van der Waals surface area contributed by atoms with E-state index >= 15 is 0 Å². The highest BCUT2D eigenvalue weighted by molar-refractivity contribution is 9.13. The van der Waals surface area contributed by atoms with E-state index in [1.54, 1.807) is 24.3 Å². The fourth-order valence-corrected chi connectivity index (χ4v) is 2.96. The largest absolute Gasteiger partial charge is 0.504 e. The Balaban J connectivity index is 2.21. The monoisotopic (exact) mass is 504 g/mol. The third-order valence-electron chi connectivity index (χ3n) is 2.86. The third kappa shape index (κ3) is 4.33. The van der Waals surface area contributed by atoms with Gasteiger partial charge in [-0.15, -0.1) is 0 Å². The van der Waals surface area contributed by atoms with Crippen molar-refractivity contribution in [1.29, 1.82) is 0 Å². The molecule has 0 saturated carbocycles. The van der Waals surface area contributed by atoms with Gasteiger partial charge in [-0.05, 0) is 56.1 Å². The highest BCUT2D eigenvalue weighted by Gasteiger charge is 2.14. The van der Waals surface area contributed by atoms with Gasteiger partial charge in [-0.1, -0.05) is 22.0 Å². The zero-order valence-electron chi connectivity index (χ0n) is 11.8. The van der Waals surface area contributed by atoms with Crippen LogP contribution in [0.25, 0.3) is 0 Å². The average Bonchev–Trinajstić information content (AvgIpc) is 2.54. The number of ether oxygens (including phenoxy) is 1. The maximum absolute atomic E-state index is 12.0. The number of hydrogen-bond donors (Lipinski definition) is 2. The standard InChI is InChI=1S/C15H11Br3N2O3/c1-23-12-6-11(17)13(18)10(14(12)21)7-19-20-15(22)8-3-2-4-9(16)5-8/h2-7,21H,1H3,(H,20,22). The number of hydrazone groups is 1. The minimum atomic E-state index is -0.361. The predicted molar refractivity (Wildman–Crippen MR) is 99.3 cm³/mol. The Morgan fingerprint density at radius 3 is 2.70 bits per heavy atom. The molecule has 0 atom stereocenters.